The zero-order valence-corrected chi connectivity index (χ0v) is 8.84. The van der Waals surface area contributed by atoms with Gasteiger partial charge in [0.1, 0.15) is 0 Å². The van der Waals surface area contributed by atoms with Gasteiger partial charge in [-0.25, -0.2) is 4.79 Å². The maximum absolute atomic E-state index is 11.3. The van der Waals surface area contributed by atoms with Crippen molar-refractivity contribution >= 4 is 18.0 Å². The number of aliphatic carboxylic acids is 2. The number of nitrogens with one attached hydrogen (secondary N) is 1. The number of carboxylic acid groups (broad SMARTS) is 2. The Balaban J connectivity index is 2.76. The van der Waals surface area contributed by atoms with E-state index in [1.165, 1.54) is 11.9 Å². The van der Waals surface area contributed by atoms with Crippen LogP contribution >= 0.6 is 0 Å². The van der Waals surface area contributed by atoms with Gasteiger partial charge in [0.25, 0.3) is 0 Å². The molecular formula is C9H14N2O5. The SMILES string of the molecule is CNC(=O)N1CCC(C(=O)O)C(C(=O)O)C1. The van der Waals surface area contributed by atoms with E-state index in [0.717, 1.165) is 0 Å². The molecule has 90 valence electrons. The lowest BCUT2D eigenvalue weighted by Crippen LogP contribution is -2.50. The van der Waals surface area contributed by atoms with Gasteiger partial charge in [0.05, 0.1) is 11.8 Å². The van der Waals surface area contributed by atoms with Crippen molar-refractivity contribution in [1.29, 1.82) is 0 Å². The molecule has 2 unspecified atom stereocenters. The highest BCUT2D eigenvalue weighted by Crippen LogP contribution is 2.24. The zero-order valence-electron chi connectivity index (χ0n) is 8.84. The third kappa shape index (κ3) is 2.41. The van der Waals surface area contributed by atoms with E-state index >= 15 is 0 Å². The molecular weight excluding hydrogens is 216 g/mol. The Hall–Kier alpha value is -1.79. The summed E-state index contributed by atoms with van der Waals surface area (Å²) in [5, 5.41) is 20.2. The Morgan fingerprint density at radius 1 is 1.19 bits per heavy atom. The van der Waals surface area contributed by atoms with E-state index in [4.69, 9.17) is 10.2 Å². The number of carbonyl (C=O) groups excluding carboxylic acids is 1. The van der Waals surface area contributed by atoms with Crippen LogP contribution in [0.2, 0.25) is 0 Å². The monoisotopic (exact) mass is 230 g/mol. The van der Waals surface area contributed by atoms with Gasteiger partial charge in [0.2, 0.25) is 0 Å². The van der Waals surface area contributed by atoms with Gasteiger partial charge in [-0.2, -0.15) is 0 Å². The number of nitrogens with zero attached hydrogens (tertiary/aromatic N) is 1. The predicted octanol–water partition coefficient (Wildman–Crippen LogP) is -0.567. The topological polar surface area (TPSA) is 107 Å². The van der Waals surface area contributed by atoms with Crippen LogP contribution in [0.15, 0.2) is 0 Å². The fourth-order valence-electron chi connectivity index (χ4n) is 1.84. The van der Waals surface area contributed by atoms with Crippen LogP contribution < -0.4 is 5.32 Å². The normalized spacial score (nSPS) is 24.9. The minimum atomic E-state index is -1.18. The Bertz CT molecular complexity index is 317. The number of piperidine rings is 1. The standard InChI is InChI=1S/C9H14N2O5/c1-10-9(16)11-3-2-5(7(12)13)6(4-11)8(14)15/h5-6H,2-4H2,1H3,(H,10,16)(H,12,13)(H,14,15). The first-order valence-electron chi connectivity index (χ1n) is 4.89. The molecule has 0 spiro atoms. The van der Waals surface area contributed by atoms with Crippen molar-refractivity contribution in [3.05, 3.63) is 0 Å². The number of carbonyl (C=O) groups is 3. The minimum Gasteiger partial charge on any atom is -0.481 e. The Morgan fingerprint density at radius 3 is 2.19 bits per heavy atom. The number of amides is 2. The molecule has 7 heteroatoms. The number of urea groups is 1. The summed E-state index contributed by atoms with van der Waals surface area (Å²) in [4.78, 5) is 34.3. The lowest BCUT2D eigenvalue weighted by Gasteiger charge is -2.34. The van der Waals surface area contributed by atoms with Crippen LogP contribution in [0.3, 0.4) is 0 Å². The number of hydrogen-bond donors (Lipinski definition) is 3. The molecule has 1 aliphatic rings. The molecule has 0 radical (unpaired) electrons. The summed E-state index contributed by atoms with van der Waals surface area (Å²) in [5.74, 6) is -4.26. The van der Waals surface area contributed by atoms with Gasteiger partial charge < -0.3 is 20.4 Å². The third-order valence-corrected chi connectivity index (χ3v) is 2.75. The number of rotatable bonds is 2. The van der Waals surface area contributed by atoms with Crippen LogP contribution in [0.25, 0.3) is 0 Å². The number of likely N-dealkylation sites (tertiary alicyclic amines) is 1. The molecule has 16 heavy (non-hydrogen) atoms. The van der Waals surface area contributed by atoms with Gasteiger partial charge in [-0.15, -0.1) is 0 Å². The Labute approximate surface area is 92.0 Å². The van der Waals surface area contributed by atoms with E-state index in [9.17, 15) is 14.4 Å². The summed E-state index contributed by atoms with van der Waals surface area (Å²) < 4.78 is 0. The van der Waals surface area contributed by atoms with Crippen molar-refractivity contribution in [3.63, 3.8) is 0 Å². The summed E-state index contributed by atoms with van der Waals surface area (Å²) in [6.07, 6.45) is 0.166. The second-order valence-corrected chi connectivity index (χ2v) is 3.68. The maximum atomic E-state index is 11.3. The second-order valence-electron chi connectivity index (χ2n) is 3.68. The molecule has 1 fully saturated rings. The molecule has 0 saturated carbocycles. The predicted molar refractivity (Wildman–Crippen MR) is 52.9 cm³/mol. The fraction of sp³-hybridized carbons (Fsp3) is 0.667. The van der Waals surface area contributed by atoms with Crippen LogP contribution in [0.1, 0.15) is 6.42 Å². The van der Waals surface area contributed by atoms with Gasteiger partial charge in [0, 0.05) is 20.1 Å². The second kappa shape index (κ2) is 4.82. The molecule has 2 amide bonds. The van der Waals surface area contributed by atoms with Crippen LogP contribution in [0.5, 0.6) is 0 Å². The quantitative estimate of drug-likeness (QED) is 0.589. The van der Waals surface area contributed by atoms with Crippen LogP contribution in [-0.2, 0) is 9.59 Å². The minimum absolute atomic E-state index is 0.0635. The van der Waals surface area contributed by atoms with Crippen LogP contribution in [0, 0.1) is 11.8 Å². The average Bonchev–Trinajstić information content (AvgIpc) is 2.26. The molecule has 2 atom stereocenters. The number of carboxylic acids is 2. The van der Waals surface area contributed by atoms with Crippen LogP contribution in [-0.4, -0.2) is 53.2 Å². The van der Waals surface area contributed by atoms with Gasteiger partial charge >= 0.3 is 18.0 Å². The fourth-order valence-corrected chi connectivity index (χ4v) is 1.84. The first-order valence-corrected chi connectivity index (χ1v) is 4.89. The van der Waals surface area contributed by atoms with E-state index in [0.29, 0.717) is 0 Å². The van der Waals surface area contributed by atoms with E-state index in [-0.39, 0.29) is 25.5 Å². The summed E-state index contributed by atoms with van der Waals surface area (Å²) in [7, 11) is 1.45. The third-order valence-electron chi connectivity index (χ3n) is 2.75. The van der Waals surface area contributed by atoms with Crippen LogP contribution in [0.4, 0.5) is 4.79 Å². The highest BCUT2D eigenvalue weighted by molar-refractivity contribution is 5.82. The van der Waals surface area contributed by atoms with Crippen molar-refractivity contribution in [2.75, 3.05) is 20.1 Å². The van der Waals surface area contributed by atoms with Gasteiger partial charge in [0.15, 0.2) is 0 Å². The van der Waals surface area contributed by atoms with Gasteiger partial charge in [-0.1, -0.05) is 0 Å². The van der Waals surface area contributed by atoms with Gasteiger partial charge in [-0.3, -0.25) is 9.59 Å². The molecule has 7 nitrogen and oxygen atoms in total. The summed E-state index contributed by atoms with van der Waals surface area (Å²) >= 11 is 0. The highest BCUT2D eigenvalue weighted by Gasteiger charge is 2.39. The van der Waals surface area contributed by atoms with E-state index in [2.05, 4.69) is 5.32 Å². The van der Waals surface area contributed by atoms with Crippen molar-refractivity contribution in [1.82, 2.24) is 10.2 Å². The first kappa shape index (κ1) is 12.3. The molecule has 1 aliphatic heterocycles. The highest BCUT2D eigenvalue weighted by atomic mass is 16.4. The van der Waals surface area contributed by atoms with Gasteiger partial charge in [-0.05, 0) is 6.42 Å². The van der Waals surface area contributed by atoms with E-state index < -0.39 is 23.8 Å². The largest absolute Gasteiger partial charge is 0.481 e. The molecule has 0 bridgehead atoms. The molecule has 0 aromatic rings. The Kier molecular flexibility index (Phi) is 3.70. The Morgan fingerprint density at radius 2 is 1.75 bits per heavy atom. The van der Waals surface area contributed by atoms with Crippen molar-refractivity contribution in [2.24, 2.45) is 11.8 Å². The molecule has 0 aromatic carbocycles. The lowest BCUT2D eigenvalue weighted by molar-refractivity contribution is -0.156. The maximum Gasteiger partial charge on any atom is 0.317 e. The van der Waals surface area contributed by atoms with Crippen molar-refractivity contribution < 1.29 is 24.6 Å². The molecule has 1 saturated heterocycles. The average molecular weight is 230 g/mol. The van der Waals surface area contributed by atoms with Crippen molar-refractivity contribution in [3.8, 4) is 0 Å². The van der Waals surface area contributed by atoms with Crippen molar-refractivity contribution in [2.45, 2.75) is 6.42 Å². The summed E-state index contributed by atoms with van der Waals surface area (Å²) in [5.41, 5.74) is 0. The first-order chi connectivity index (χ1) is 7.47. The molecule has 0 aromatic heterocycles. The summed E-state index contributed by atoms with van der Waals surface area (Å²) in [6, 6.07) is -0.380. The van der Waals surface area contributed by atoms with E-state index in [1.807, 2.05) is 0 Å². The smallest absolute Gasteiger partial charge is 0.317 e. The summed E-state index contributed by atoms with van der Waals surface area (Å²) in [6.45, 7) is 0.201. The van der Waals surface area contributed by atoms with E-state index in [1.54, 1.807) is 0 Å². The number of hydrogen-bond acceptors (Lipinski definition) is 3. The zero-order chi connectivity index (χ0) is 12.3. The molecule has 1 heterocycles. The molecule has 3 N–H and O–H groups in total. The molecule has 0 aliphatic carbocycles. The molecule has 1 rings (SSSR count). The lowest BCUT2D eigenvalue weighted by atomic mass is 9.86.